The van der Waals surface area contributed by atoms with E-state index in [1.807, 2.05) is 25.1 Å². The normalized spacial score (nSPS) is 10.1. The lowest BCUT2D eigenvalue weighted by atomic mass is 10.1. The molecule has 19 heavy (non-hydrogen) atoms. The molecule has 5 heteroatoms. The number of rotatable bonds is 3. The van der Waals surface area contributed by atoms with E-state index in [1.165, 1.54) is 13.3 Å². The highest BCUT2D eigenvalue weighted by Gasteiger charge is 2.11. The van der Waals surface area contributed by atoms with Gasteiger partial charge in [0, 0.05) is 5.56 Å². The van der Waals surface area contributed by atoms with Gasteiger partial charge in [-0.05, 0) is 30.7 Å². The Labute approximate surface area is 111 Å². The highest BCUT2D eigenvalue weighted by atomic mass is 16.5. The lowest BCUT2D eigenvalue weighted by Gasteiger charge is -2.08. The monoisotopic (exact) mass is 258 g/mol. The van der Waals surface area contributed by atoms with Crippen molar-refractivity contribution in [3.8, 4) is 17.0 Å². The van der Waals surface area contributed by atoms with Gasteiger partial charge in [-0.25, -0.2) is 9.78 Å². The summed E-state index contributed by atoms with van der Waals surface area (Å²) in [5, 5.41) is 0. The second-order valence-corrected chi connectivity index (χ2v) is 3.96. The van der Waals surface area contributed by atoms with E-state index in [0.29, 0.717) is 5.69 Å². The molecular weight excluding hydrogens is 244 g/mol. The zero-order valence-corrected chi connectivity index (χ0v) is 11.0. The number of aryl methyl sites for hydroxylation is 1. The van der Waals surface area contributed by atoms with Crippen molar-refractivity contribution in [3.05, 3.63) is 41.9 Å². The molecule has 98 valence electrons. The first kappa shape index (κ1) is 13.0. The van der Waals surface area contributed by atoms with Gasteiger partial charge in [-0.15, -0.1) is 0 Å². The number of benzene rings is 1. The third-order valence-electron chi connectivity index (χ3n) is 2.74. The highest BCUT2D eigenvalue weighted by Crippen LogP contribution is 2.25. The number of esters is 1. The van der Waals surface area contributed by atoms with E-state index in [2.05, 4.69) is 14.7 Å². The number of hydrogen-bond acceptors (Lipinski definition) is 5. The van der Waals surface area contributed by atoms with Crippen LogP contribution in [0.5, 0.6) is 5.75 Å². The molecule has 0 bridgehead atoms. The van der Waals surface area contributed by atoms with Gasteiger partial charge in [0.05, 0.1) is 32.3 Å². The molecule has 0 fully saturated rings. The average molecular weight is 258 g/mol. The predicted molar refractivity (Wildman–Crippen MR) is 70.1 cm³/mol. The molecule has 5 nitrogen and oxygen atoms in total. The Hall–Kier alpha value is -2.43. The van der Waals surface area contributed by atoms with Gasteiger partial charge in [0.15, 0.2) is 5.69 Å². The van der Waals surface area contributed by atoms with E-state index in [4.69, 9.17) is 4.74 Å². The molecule has 0 radical (unpaired) electrons. The van der Waals surface area contributed by atoms with E-state index in [0.717, 1.165) is 16.9 Å². The van der Waals surface area contributed by atoms with Gasteiger partial charge in [-0.2, -0.15) is 0 Å². The summed E-state index contributed by atoms with van der Waals surface area (Å²) in [6.07, 6.45) is 3.00. The van der Waals surface area contributed by atoms with E-state index in [-0.39, 0.29) is 5.69 Å². The molecular formula is C14H14N2O3. The molecule has 1 aromatic carbocycles. The van der Waals surface area contributed by atoms with Crippen LogP contribution in [0, 0.1) is 6.92 Å². The fourth-order valence-corrected chi connectivity index (χ4v) is 1.75. The second kappa shape index (κ2) is 5.48. The van der Waals surface area contributed by atoms with Crippen LogP contribution in [0.4, 0.5) is 0 Å². The summed E-state index contributed by atoms with van der Waals surface area (Å²) in [6, 6.07) is 5.63. The van der Waals surface area contributed by atoms with Crippen LogP contribution in [0.1, 0.15) is 16.1 Å². The standard InChI is InChI=1S/C14H14N2O3/c1-9-6-10(18-2)4-5-11(9)12-7-15-8-13(16-12)14(17)19-3/h4-8H,1-3H3. The van der Waals surface area contributed by atoms with E-state index < -0.39 is 5.97 Å². The third-order valence-corrected chi connectivity index (χ3v) is 2.74. The number of methoxy groups -OCH3 is 2. The van der Waals surface area contributed by atoms with Crippen LogP contribution < -0.4 is 4.74 Å². The van der Waals surface area contributed by atoms with Gasteiger partial charge in [0.1, 0.15) is 5.75 Å². The molecule has 0 saturated carbocycles. The minimum absolute atomic E-state index is 0.190. The second-order valence-electron chi connectivity index (χ2n) is 3.96. The van der Waals surface area contributed by atoms with Crippen LogP contribution >= 0.6 is 0 Å². The van der Waals surface area contributed by atoms with E-state index in [9.17, 15) is 4.79 Å². The molecule has 0 aliphatic rings. The molecule has 0 aliphatic carbocycles. The van der Waals surface area contributed by atoms with Crippen LogP contribution in [0.25, 0.3) is 11.3 Å². The Bertz CT molecular complexity index is 611. The van der Waals surface area contributed by atoms with Crippen molar-refractivity contribution >= 4 is 5.97 Å². The molecule has 0 saturated heterocycles. The minimum atomic E-state index is -0.500. The highest BCUT2D eigenvalue weighted by molar-refractivity contribution is 5.87. The summed E-state index contributed by atoms with van der Waals surface area (Å²) in [5.74, 6) is 0.277. The first-order valence-electron chi connectivity index (χ1n) is 5.71. The Kier molecular flexibility index (Phi) is 3.75. The zero-order chi connectivity index (χ0) is 13.8. The fraction of sp³-hybridized carbons (Fsp3) is 0.214. The van der Waals surface area contributed by atoms with Crippen molar-refractivity contribution in [2.24, 2.45) is 0 Å². The first-order chi connectivity index (χ1) is 9.15. The summed E-state index contributed by atoms with van der Waals surface area (Å²) in [7, 11) is 2.93. The van der Waals surface area contributed by atoms with Gasteiger partial charge in [-0.3, -0.25) is 4.98 Å². The Morgan fingerprint density at radius 3 is 2.63 bits per heavy atom. The van der Waals surface area contributed by atoms with Gasteiger partial charge >= 0.3 is 5.97 Å². The van der Waals surface area contributed by atoms with Crippen LogP contribution in [-0.4, -0.2) is 30.2 Å². The van der Waals surface area contributed by atoms with Crippen LogP contribution in [0.3, 0.4) is 0 Å². The van der Waals surface area contributed by atoms with Crippen LogP contribution in [-0.2, 0) is 4.74 Å². The van der Waals surface area contributed by atoms with Crippen LogP contribution in [0.15, 0.2) is 30.6 Å². The summed E-state index contributed by atoms with van der Waals surface area (Å²) in [5.41, 5.74) is 2.72. The SMILES string of the molecule is COC(=O)c1cncc(-c2ccc(OC)cc2C)n1. The summed E-state index contributed by atoms with van der Waals surface area (Å²) in [4.78, 5) is 19.7. The molecule has 1 heterocycles. The molecule has 0 unspecified atom stereocenters. The maximum absolute atomic E-state index is 11.4. The number of aromatic nitrogens is 2. The van der Waals surface area contributed by atoms with Crippen molar-refractivity contribution in [2.75, 3.05) is 14.2 Å². The largest absolute Gasteiger partial charge is 0.497 e. The Morgan fingerprint density at radius 1 is 1.21 bits per heavy atom. The predicted octanol–water partition coefficient (Wildman–Crippen LogP) is 2.25. The molecule has 0 aliphatic heterocycles. The van der Waals surface area contributed by atoms with Crippen molar-refractivity contribution in [2.45, 2.75) is 6.92 Å². The maximum Gasteiger partial charge on any atom is 0.358 e. The number of ether oxygens (including phenoxy) is 2. The fourth-order valence-electron chi connectivity index (χ4n) is 1.75. The summed E-state index contributed by atoms with van der Waals surface area (Å²) >= 11 is 0. The Morgan fingerprint density at radius 2 is 2.00 bits per heavy atom. The first-order valence-corrected chi connectivity index (χ1v) is 5.71. The van der Waals surface area contributed by atoms with E-state index in [1.54, 1.807) is 13.3 Å². The quantitative estimate of drug-likeness (QED) is 0.790. The minimum Gasteiger partial charge on any atom is -0.497 e. The van der Waals surface area contributed by atoms with Crippen LogP contribution in [0.2, 0.25) is 0 Å². The number of nitrogens with zero attached hydrogens (tertiary/aromatic N) is 2. The van der Waals surface area contributed by atoms with Crippen molar-refractivity contribution in [1.82, 2.24) is 9.97 Å². The van der Waals surface area contributed by atoms with Gasteiger partial charge in [0.25, 0.3) is 0 Å². The topological polar surface area (TPSA) is 61.3 Å². The van der Waals surface area contributed by atoms with Crippen molar-refractivity contribution < 1.29 is 14.3 Å². The lowest BCUT2D eigenvalue weighted by molar-refractivity contribution is 0.0593. The summed E-state index contributed by atoms with van der Waals surface area (Å²) < 4.78 is 9.79. The number of hydrogen-bond donors (Lipinski definition) is 0. The molecule has 0 N–H and O–H groups in total. The van der Waals surface area contributed by atoms with Crippen molar-refractivity contribution in [1.29, 1.82) is 0 Å². The molecule has 2 aromatic rings. The van der Waals surface area contributed by atoms with E-state index >= 15 is 0 Å². The maximum atomic E-state index is 11.4. The number of carbonyl (C=O) groups excluding carboxylic acids is 1. The molecule has 0 spiro atoms. The molecule has 1 aromatic heterocycles. The Balaban J connectivity index is 2.44. The number of carbonyl (C=O) groups is 1. The molecule has 0 amide bonds. The third kappa shape index (κ3) is 2.70. The van der Waals surface area contributed by atoms with Gasteiger partial charge in [-0.1, -0.05) is 0 Å². The molecule has 0 atom stereocenters. The summed E-state index contributed by atoms with van der Waals surface area (Å²) in [6.45, 7) is 1.95. The average Bonchev–Trinajstić information content (AvgIpc) is 2.46. The molecule has 2 rings (SSSR count). The van der Waals surface area contributed by atoms with Crippen molar-refractivity contribution in [3.63, 3.8) is 0 Å². The lowest BCUT2D eigenvalue weighted by Crippen LogP contribution is -2.05. The van der Waals surface area contributed by atoms with Gasteiger partial charge < -0.3 is 9.47 Å². The van der Waals surface area contributed by atoms with Gasteiger partial charge in [0.2, 0.25) is 0 Å². The zero-order valence-electron chi connectivity index (χ0n) is 11.0. The smallest absolute Gasteiger partial charge is 0.358 e.